The summed E-state index contributed by atoms with van der Waals surface area (Å²) in [7, 11) is 0. The predicted molar refractivity (Wildman–Crippen MR) is 84.2 cm³/mol. The number of piperazine rings is 1. The number of hydrogen-bond donors (Lipinski definition) is 1. The van der Waals surface area contributed by atoms with Crippen LogP contribution in [-0.4, -0.2) is 36.7 Å². The third kappa shape index (κ3) is 3.74. The van der Waals surface area contributed by atoms with Gasteiger partial charge in [-0.3, -0.25) is 4.90 Å². The molecule has 0 radical (unpaired) electrons. The van der Waals surface area contributed by atoms with Gasteiger partial charge in [-0.25, -0.2) is 0 Å². The van der Waals surface area contributed by atoms with Gasteiger partial charge < -0.3 is 10.1 Å². The standard InChI is InChI=1S/C17H28N2O/c1-4-15-13-19(16(5-2)11-18-15)12-14-9-7-8-10-17(14)20-6-3/h7-10,15-16,18H,4-6,11-13H2,1-3H3. The van der Waals surface area contributed by atoms with E-state index >= 15 is 0 Å². The van der Waals surface area contributed by atoms with Gasteiger partial charge in [-0.05, 0) is 25.8 Å². The average Bonchev–Trinajstić information content (AvgIpc) is 2.49. The van der Waals surface area contributed by atoms with Crippen molar-refractivity contribution >= 4 is 0 Å². The lowest BCUT2D eigenvalue weighted by atomic mass is 10.0. The minimum Gasteiger partial charge on any atom is -0.494 e. The van der Waals surface area contributed by atoms with Gasteiger partial charge in [0.25, 0.3) is 0 Å². The fourth-order valence-corrected chi connectivity index (χ4v) is 2.95. The molecule has 20 heavy (non-hydrogen) atoms. The van der Waals surface area contributed by atoms with Crippen molar-refractivity contribution in [1.82, 2.24) is 10.2 Å². The van der Waals surface area contributed by atoms with E-state index in [1.165, 1.54) is 18.4 Å². The van der Waals surface area contributed by atoms with Gasteiger partial charge in [0.1, 0.15) is 5.75 Å². The molecule has 1 aliphatic rings. The molecule has 1 aromatic carbocycles. The van der Waals surface area contributed by atoms with Crippen LogP contribution < -0.4 is 10.1 Å². The Hall–Kier alpha value is -1.06. The van der Waals surface area contributed by atoms with E-state index < -0.39 is 0 Å². The Morgan fingerprint density at radius 3 is 2.70 bits per heavy atom. The molecule has 1 fully saturated rings. The van der Waals surface area contributed by atoms with E-state index in [4.69, 9.17) is 4.74 Å². The molecule has 0 spiro atoms. The Bertz CT molecular complexity index is 408. The summed E-state index contributed by atoms with van der Waals surface area (Å²) < 4.78 is 5.76. The van der Waals surface area contributed by atoms with E-state index in [2.05, 4.69) is 48.3 Å². The lowest BCUT2D eigenvalue weighted by molar-refractivity contribution is 0.116. The number of ether oxygens (including phenoxy) is 1. The molecule has 0 amide bonds. The van der Waals surface area contributed by atoms with Crippen LogP contribution in [0.4, 0.5) is 0 Å². The Morgan fingerprint density at radius 2 is 2.00 bits per heavy atom. The monoisotopic (exact) mass is 276 g/mol. The van der Waals surface area contributed by atoms with E-state index in [0.29, 0.717) is 12.1 Å². The molecule has 2 atom stereocenters. The zero-order valence-corrected chi connectivity index (χ0v) is 13.1. The number of para-hydroxylation sites is 1. The smallest absolute Gasteiger partial charge is 0.123 e. The summed E-state index contributed by atoms with van der Waals surface area (Å²) in [6.07, 6.45) is 2.39. The number of benzene rings is 1. The minimum atomic E-state index is 0.622. The molecule has 1 N–H and O–H groups in total. The van der Waals surface area contributed by atoms with Crippen LogP contribution in [0, 0.1) is 0 Å². The van der Waals surface area contributed by atoms with E-state index in [9.17, 15) is 0 Å². The maximum Gasteiger partial charge on any atom is 0.123 e. The summed E-state index contributed by atoms with van der Waals surface area (Å²) in [5.41, 5.74) is 1.31. The molecule has 1 heterocycles. The lowest BCUT2D eigenvalue weighted by Gasteiger charge is -2.40. The summed E-state index contributed by atoms with van der Waals surface area (Å²) in [6, 6.07) is 9.70. The van der Waals surface area contributed by atoms with Crippen molar-refractivity contribution in [2.45, 2.75) is 52.2 Å². The Balaban J connectivity index is 2.09. The first-order valence-electron chi connectivity index (χ1n) is 7.96. The Morgan fingerprint density at radius 1 is 1.20 bits per heavy atom. The van der Waals surface area contributed by atoms with E-state index in [0.717, 1.165) is 32.0 Å². The average molecular weight is 276 g/mol. The second-order valence-electron chi connectivity index (χ2n) is 5.55. The first-order chi connectivity index (χ1) is 9.78. The highest BCUT2D eigenvalue weighted by atomic mass is 16.5. The largest absolute Gasteiger partial charge is 0.494 e. The van der Waals surface area contributed by atoms with Gasteiger partial charge in [0.05, 0.1) is 6.61 Å². The zero-order valence-electron chi connectivity index (χ0n) is 13.1. The van der Waals surface area contributed by atoms with Crippen molar-refractivity contribution in [2.24, 2.45) is 0 Å². The van der Waals surface area contributed by atoms with Crippen molar-refractivity contribution in [1.29, 1.82) is 0 Å². The van der Waals surface area contributed by atoms with Crippen LogP contribution in [0.2, 0.25) is 0 Å². The van der Waals surface area contributed by atoms with E-state index in [1.54, 1.807) is 0 Å². The second kappa shape index (κ2) is 7.65. The highest BCUT2D eigenvalue weighted by molar-refractivity contribution is 5.33. The fourth-order valence-electron chi connectivity index (χ4n) is 2.95. The van der Waals surface area contributed by atoms with E-state index in [1.807, 2.05) is 6.92 Å². The summed E-state index contributed by atoms with van der Waals surface area (Å²) in [5.74, 6) is 1.04. The lowest BCUT2D eigenvalue weighted by Crippen LogP contribution is -2.55. The van der Waals surface area contributed by atoms with Crippen LogP contribution in [0.1, 0.15) is 39.2 Å². The molecule has 1 saturated heterocycles. The maximum absolute atomic E-state index is 5.76. The number of nitrogens with zero attached hydrogens (tertiary/aromatic N) is 1. The molecule has 3 heteroatoms. The highest BCUT2D eigenvalue weighted by Gasteiger charge is 2.26. The summed E-state index contributed by atoms with van der Waals surface area (Å²) in [5, 5.41) is 3.65. The van der Waals surface area contributed by atoms with Crippen molar-refractivity contribution < 1.29 is 4.74 Å². The molecule has 1 aliphatic heterocycles. The molecule has 2 unspecified atom stereocenters. The molecule has 3 nitrogen and oxygen atoms in total. The Kier molecular flexibility index (Phi) is 5.86. The number of rotatable bonds is 6. The molecule has 1 aromatic rings. The fraction of sp³-hybridized carbons (Fsp3) is 0.647. The Labute approximate surface area is 123 Å². The first-order valence-corrected chi connectivity index (χ1v) is 7.96. The predicted octanol–water partition coefficient (Wildman–Crippen LogP) is 3.05. The van der Waals surface area contributed by atoms with Crippen LogP contribution in [0.5, 0.6) is 5.75 Å². The molecule has 0 bridgehead atoms. The third-order valence-electron chi connectivity index (χ3n) is 4.22. The minimum absolute atomic E-state index is 0.622. The van der Waals surface area contributed by atoms with Gasteiger partial charge in [-0.15, -0.1) is 0 Å². The van der Waals surface area contributed by atoms with Crippen molar-refractivity contribution in [3.63, 3.8) is 0 Å². The zero-order chi connectivity index (χ0) is 14.4. The summed E-state index contributed by atoms with van der Waals surface area (Å²) >= 11 is 0. The third-order valence-corrected chi connectivity index (χ3v) is 4.22. The SMILES string of the molecule is CCOc1ccccc1CN1CC(CC)NCC1CC. The molecule has 0 aliphatic carbocycles. The van der Waals surface area contributed by atoms with Gasteiger partial charge in [-0.1, -0.05) is 32.0 Å². The molecule has 2 rings (SSSR count). The number of nitrogens with one attached hydrogen (secondary N) is 1. The van der Waals surface area contributed by atoms with Crippen molar-refractivity contribution in [2.75, 3.05) is 19.7 Å². The second-order valence-corrected chi connectivity index (χ2v) is 5.55. The topological polar surface area (TPSA) is 24.5 Å². The van der Waals surface area contributed by atoms with Crippen LogP contribution in [0.15, 0.2) is 24.3 Å². The van der Waals surface area contributed by atoms with Gasteiger partial charge in [0, 0.05) is 37.3 Å². The molecular weight excluding hydrogens is 248 g/mol. The van der Waals surface area contributed by atoms with Gasteiger partial charge in [-0.2, -0.15) is 0 Å². The van der Waals surface area contributed by atoms with Crippen LogP contribution in [-0.2, 0) is 6.54 Å². The van der Waals surface area contributed by atoms with Gasteiger partial charge >= 0.3 is 0 Å². The quantitative estimate of drug-likeness (QED) is 0.864. The van der Waals surface area contributed by atoms with Crippen molar-refractivity contribution in [3.05, 3.63) is 29.8 Å². The van der Waals surface area contributed by atoms with Crippen molar-refractivity contribution in [3.8, 4) is 5.75 Å². The summed E-state index contributed by atoms with van der Waals surface area (Å²) in [6.45, 7) is 10.5. The maximum atomic E-state index is 5.76. The molecular formula is C17H28N2O. The first kappa shape index (κ1) is 15.3. The van der Waals surface area contributed by atoms with Crippen LogP contribution in [0.3, 0.4) is 0 Å². The van der Waals surface area contributed by atoms with Crippen LogP contribution >= 0.6 is 0 Å². The summed E-state index contributed by atoms with van der Waals surface area (Å²) in [4.78, 5) is 2.61. The normalized spacial score (nSPS) is 23.8. The van der Waals surface area contributed by atoms with Gasteiger partial charge in [0.2, 0.25) is 0 Å². The van der Waals surface area contributed by atoms with E-state index in [-0.39, 0.29) is 0 Å². The van der Waals surface area contributed by atoms with Crippen LogP contribution in [0.25, 0.3) is 0 Å². The number of hydrogen-bond acceptors (Lipinski definition) is 3. The van der Waals surface area contributed by atoms with Gasteiger partial charge in [0.15, 0.2) is 0 Å². The molecule has 0 saturated carbocycles. The molecule has 0 aromatic heterocycles. The molecule has 112 valence electrons. The highest BCUT2D eigenvalue weighted by Crippen LogP contribution is 2.23.